The number of carbonyl (C=O) groups is 2. The summed E-state index contributed by atoms with van der Waals surface area (Å²) < 4.78 is 52.2. The molecule has 3 aliphatic heterocycles. The van der Waals surface area contributed by atoms with Crippen molar-refractivity contribution in [3.8, 4) is 11.3 Å². The number of likely N-dealkylation sites (N-methyl/N-ethyl adjacent to an activating group) is 1. The van der Waals surface area contributed by atoms with E-state index in [1.54, 1.807) is 26.0 Å². The fourth-order valence-corrected chi connectivity index (χ4v) is 12.8. The number of nitrogens with zero attached hydrogens (tertiary/aromatic N) is 4. The second-order valence-electron chi connectivity index (χ2n) is 19.7. The molecule has 1 aromatic carbocycles. The molecule has 2 aromatic rings. The molecule has 0 spiro atoms. The van der Waals surface area contributed by atoms with E-state index in [4.69, 9.17) is 49.5 Å². The van der Waals surface area contributed by atoms with Gasteiger partial charge in [-0.3, -0.25) is 9.59 Å². The Morgan fingerprint density at radius 2 is 1.65 bits per heavy atom. The van der Waals surface area contributed by atoms with E-state index >= 15 is 4.79 Å². The van der Waals surface area contributed by atoms with Crippen LogP contribution in [-0.4, -0.2) is 146 Å². The average Bonchev–Trinajstić information content (AvgIpc) is 4.03. The van der Waals surface area contributed by atoms with Gasteiger partial charge in [0.2, 0.25) is 0 Å². The zero-order valence-corrected chi connectivity index (χ0v) is 40.3. The Balaban J connectivity index is 1.14. The maximum Gasteiger partial charge on any atom is 0.306 e. The first-order chi connectivity index (χ1) is 31.3. The summed E-state index contributed by atoms with van der Waals surface area (Å²) in [6, 6.07) is 7.17. The molecule has 6 unspecified atom stereocenters. The number of ketones is 1. The normalized spacial score (nSPS) is 41.5. The van der Waals surface area contributed by atoms with E-state index in [1.165, 1.54) is 0 Å². The lowest BCUT2D eigenvalue weighted by molar-refractivity contribution is -0.314. The van der Waals surface area contributed by atoms with E-state index in [2.05, 4.69) is 42.3 Å². The van der Waals surface area contributed by atoms with Crippen LogP contribution in [0.1, 0.15) is 91.5 Å². The molecule has 16 heteroatoms. The molecule has 360 valence electrons. The van der Waals surface area contributed by atoms with Gasteiger partial charge in [0, 0.05) is 50.7 Å². The van der Waals surface area contributed by atoms with E-state index in [-0.39, 0.29) is 72.5 Å². The summed E-state index contributed by atoms with van der Waals surface area (Å²) in [5.41, 5.74) is 1.86. The quantitative estimate of drug-likeness (QED) is 0.245. The molecule has 19 atom stereocenters. The predicted octanol–water partition coefficient (Wildman–Crippen LogP) is 6.45. The third-order valence-corrected chi connectivity index (χ3v) is 16.2. The maximum absolute atomic E-state index is 15.2. The number of Topliss-reactive ketones (excluding diaryl/α,β-unsaturated/α-hetero) is 1. The van der Waals surface area contributed by atoms with Crippen molar-refractivity contribution >= 4 is 23.4 Å². The van der Waals surface area contributed by atoms with Crippen LogP contribution < -0.4 is 0 Å². The average molecular weight is 928 g/mol. The van der Waals surface area contributed by atoms with Gasteiger partial charge in [-0.2, -0.15) is 0 Å². The highest BCUT2D eigenvalue weighted by Crippen LogP contribution is 2.60. The monoisotopic (exact) mass is 926 g/mol. The number of carbonyl (C=O) groups excluding carboxylic acids is 2. The Kier molecular flexibility index (Phi) is 15.6. The summed E-state index contributed by atoms with van der Waals surface area (Å²) in [4.78, 5) is 31.4. The molecule has 65 heavy (non-hydrogen) atoms. The van der Waals surface area contributed by atoms with Crippen molar-refractivity contribution in [1.29, 1.82) is 0 Å². The Hall–Kier alpha value is -2.83. The van der Waals surface area contributed by atoms with Gasteiger partial charge in [-0.25, -0.2) is 4.68 Å². The fourth-order valence-electron chi connectivity index (χ4n) is 12.6. The number of aliphatic hydroxyl groups excluding tert-OH is 1. The molecule has 2 saturated carbocycles. The predicted molar refractivity (Wildman–Crippen MR) is 241 cm³/mol. The number of cyclic esters (lactones) is 1. The van der Waals surface area contributed by atoms with Gasteiger partial charge in [0.15, 0.2) is 18.4 Å². The van der Waals surface area contributed by atoms with Gasteiger partial charge in [-0.1, -0.05) is 54.9 Å². The topological polar surface area (TPSA) is 162 Å². The third-order valence-electron chi connectivity index (χ3n) is 15.8. The molecule has 3 aliphatic carbocycles. The summed E-state index contributed by atoms with van der Waals surface area (Å²) in [5.74, 6) is -2.53. The summed E-state index contributed by atoms with van der Waals surface area (Å²) in [7, 11) is 9.02. The van der Waals surface area contributed by atoms with Crippen LogP contribution in [0, 0.1) is 35.5 Å². The molecule has 4 heterocycles. The number of ether oxygens (including phenoxy) is 8. The highest BCUT2D eigenvalue weighted by Gasteiger charge is 2.60. The largest absolute Gasteiger partial charge is 0.462 e. The Morgan fingerprint density at radius 1 is 0.908 bits per heavy atom. The van der Waals surface area contributed by atoms with Crippen molar-refractivity contribution in [2.45, 2.75) is 165 Å². The van der Waals surface area contributed by atoms with Crippen molar-refractivity contribution in [1.82, 2.24) is 19.9 Å². The number of methoxy groups -OCH3 is 3. The molecular formula is C49H71ClN4O11. The summed E-state index contributed by atoms with van der Waals surface area (Å²) in [6.45, 7) is 8.00. The molecule has 3 saturated heterocycles. The third kappa shape index (κ3) is 9.75. The van der Waals surface area contributed by atoms with Gasteiger partial charge in [0.1, 0.15) is 30.1 Å². The SMILES string of the molecule is CC[C@H]1CCC[C@H](O[C@H]2CC[C@H](N(C)C)C(C)O2)[C@@H](C)C(=O)C2=C[C@H]3[C@@H]4C[C@H](O[C@@H]5OC(C)[C@H](OC)C(OC)C5OC)C[C@H]4C(n4cc(-c5ccccc5Cl)nn4)C(O)[C@H]3[C@@H]2CC(=O)O1. The Morgan fingerprint density at radius 3 is 2.34 bits per heavy atom. The number of aliphatic hydroxyl groups is 1. The summed E-state index contributed by atoms with van der Waals surface area (Å²) in [5, 5.41) is 22.7. The van der Waals surface area contributed by atoms with Crippen molar-refractivity contribution in [3.63, 3.8) is 0 Å². The Bertz CT molecular complexity index is 1980. The first-order valence-corrected chi connectivity index (χ1v) is 24.3. The molecule has 1 aromatic heterocycles. The van der Waals surface area contributed by atoms with Gasteiger partial charge in [-0.15, -0.1) is 5.10 Å². The lowest BCUT2D eigenvalue weighted by Gasteiger charge is -2.46. The minimum atomic E-state index is -1.02. The number of benzene rings is 1. The number of fused-ring (bicyclic) bond motifs is 5. The minimum absolute atomic E-state index is 0.0283. The molecule has 0 radical (unpaired) electrons. The highest BCUT2D eigenvalue weighted by atomic mass is 35.5. The molecule has 0 amide bonds. The van der Waals surface area contributed by atoms with Crippen LogP contribution in [0.3, 0.4) is 0 Å². The molecule has 0 bridgehead atoms. The molecule has 5 fully saturated rings. The highest BCUT2D eigenvalue weighted by molar-refractivity contribution is 6.33. The standard InChI is InChI=1S/C49H71ClN4O11/c1-10-28-14-13-17-39(65-41-19-18-38(53(5)6)26(3)61-41)25(2)44(56)35-22-32-31-20-29(64-49-48(60-9)47(59-8)46(58-7)27(4)62-49)21-34(31)43(45(57)42(32)33(35)23-40(55)63-28)54-24-37(51-52-54)30-15-11-12-16-36(30)50/h11-12,15-16,22,24-29,31-34,38-39,41-43,45-49,57H,10,13-14,17-21,23H2,1-9H3/t25-,26?,27?,28+,29+,31+,32+,33-,34-,38+,39+,41+,42-,43?,45?,46+,47?,48?,49+/m1/s1. The number of hydrogen-bond donors (Lipinski definition) is 1. The van der Waals surface area contributed by atoms with Crippen LogP contribution in [0.15, 0.2) is 42.1 Å². The van der Waals surface area contributed by atoms with E-state index in [9.17, 15) is 9.90 Å². The molecule has 15 nitrogen and oxygen atoms in total. The van der Waals surface area contributed by atoms with Gasteiger partial charge in [0.25, 0.3) is 0 Å². The smallest absolute Gasteiger partial charge is 0.306 e. The number of rotatable bonds is 11. The van der Waals surface area contributed by atoms with Crippen LogP contribution in [0.2, 0.25) is 5.02 Å². The van der Waals surface area contributed by atoms with Gasteiger partial charge in [-0.05, 0) is 109 Å². The van der Waals surface area contributed by atoms with Crippen LogP contribution in [0.25, 0.3) is 11.3 Å². The number of aromatic nitrogens is 3. The molecule has 8 rings (SSSR count). The second-order valence-corrected chi connectivity index (χ2v) is 20.1. The number of hydrogen-bond acceptors (Lipinski definition) is 14. The van der Waals surface area contributed by atoms with Crippen LogP contribution in [0.5, 0.6) is 0 Å². The maximum atomic E-state index is 15.2. The summed E-state index contributed by atoms with van der Waals surface area (Å²) in [6.07, 6.45) is 4.45. The molecular weight excluding hydrogens is 856 g/mol. The van der Waals surface area contributed by atoms with Gasteiger partial charge in [0.05, 0.1) is 54.2 Å². The molecule has 1 N–H and O–H groups in total. The van der Waals surface area contributed by atoms with Gasteiger partial charge >= 0.3 is 5.97 Å². The number of esters is 1. The first kappa shape index (κ1) is 48.6. The van der Waals surface area contributed by atoms with E-state index in [1.807, 2.05) is 51.2 Å². The van der Waals surface area contributed by atoms with Crippen molar-refractivity contribution in [3.05, 3.63) is 47.1 Å². The van der Waals surface area contributed by atoms with Crippen molar-refractivity contribution in [2.24, 2.45) is 35.5 Å². The zero-order chi connectivity index (χ0) is 46.3. The number of halogens is 1. The van der Waals surface area contributed by atoms with Crippen LogP contribution >= 0.6 is 11.6 Å². The van der Waals surface area contributed by atoms with E-state index < -0.39 is 60.8 Å². The van der Waals surface area contributed by atoms with Gasteiger partial charge < -0.3 is 47.9 Å². The first-order valence-electron chi connectivity index (χ1n) is 23.9. The minimum Gasteiger partial charge on any atom is -0.462 e. The molecule has 6 aliphatic rings. The van der Waals surface area contributed by atoms with Crippen molar-refractivity contribution in [2.75, 3.05) is 35.4 Å². The number of allylic oxidation sites excluding steroid dienone is 2. The second kappa shape index (κ2) is 20.8. The van der Waals surface area contributed by atoms with Crippen molar-refractivity contribution < 1.29 is 52.6 Å². The van der Waals surface area contributed by atoms with E-state index in [0.29, 0.717) is 48.4 Å². The lowest BCUT2D eigenvalue weighted by atomic mass is 9.62. The fraction of sp³-hybridized carbons (Fsp3) is 0.755. The summed E-state index contributed by atoms with van der Waals surface area (Å²) >= 11 is 6.65. The Labute approximate surface area is 389 Å². The van der Waals surface area contributed by atoms with E-state index in [0.717, 1.165) is 24.8 Å². The lowest BCUT2D eigenvalue weighted by Crippen LogP contribution is -2.59. The van der Waals surface area contributed by atoms with Crippen LogP contribution in [-0.2, 0) is 47.5 Å². The zero-order valence-electron chi connectivity index (χ0n) is 39.5. The van der Waals surface area contributed by atoms with Crippen LogP contribution in [0.4, 0.5) is 0 Å².